The number of sulfonamides is 1. The maximum Gasteiger partial charge on any atom is 0.268 e. The Morgan fingerprint density at radius 3 is 2.36 bits per heavy atom. The predicted octanol–water partition coefficient (Wildman–Crippen LogP) is 3.80. The summed E-state index contributed by atoms with van der Waals surface area (Å²) in [6.45, 7) is 2.10. The largest absolute Gasteiger partial charge is 0.497 e. The van der Waals surface area contributed by atoms with Gasteiger partial charge in [-0.25, -0.2) is 8.42 Å². The molecule has 0 aliphatic carbocycles. The van der Waals surface area contributed by atoms with Crippen molar-refractivity contribution in [2.45, 2.75) is 18.4 Å². The molecule has 0 spiro atoms. The van der Waals surface area contributed by atoms with E-state index >= 15 is 0 Å². The van der Waals surface area contributed by atoms with Gasteiger partial charge >= 0.3 is 0 Å². The Kier molecular flexibility index (Phi) is 5.84. The zero-order valence-electron chi connectivity index (χ0n) is 16.0. The summed E-state index contributed by atoms with van der Waals surface area (Å²) in [4.78, 5) is 4.16. The first kappa shape index (κ1) is 19.7. The first-order chi connectivity index (χ1) is 13.5. The number of nitrogens with zero attached hydrogens (tertiary/aromatic N) is 2. The summed E-state index contributed by atoms with van der Waals surface area (Å²) in [5, 5.41) is 0. The van der Waals surface area contributed by atoms with Crippen LogP contribution in [0.4, 0.5) is 5.69 Å². The lowest BCUT2D eigenvalue weighted by Crippen LogP contribution is -2.31. The number of aryl methyl sites for hydroxylation is 1. The van der Waals surface area contributed by atoms with E-state index in [0.29, 0.717) is 11.4 Å². The summed E-state index contributed by atoms with van der Waals surface area (Å²) in [7, 11) is -0.954. The molecule has 0 aliphatic heterocycles. The molecule has 1 heterocycles. The number of aromatic nitrogens is 1. The van der Waals surface area contributed by atoms with E-state index in [1.54, 1.807) is 42.7 Å². The highest BCUT2D eigenvalue weighted by atomic mass is 32.2. The van der Waals surface area contributed by atoms with Crippen LogP contribution in [0, 0.1) is 6.92 Å². The van der Waals surface area contributed by atoms with Crippen molar-refractivity contribution >= 4 is 15.7 Å². The number of pyridine rings is 1. The van der Waals surface area contributed by atoms with Gasteiger partial charge in [0.05, 0.1) is 26.5 Å². The zero-order chi connectivity index (χ0) is 20.1. The van der Waals surface area contributed by atoms with E-state index in [1.165, 1.54) is 24.6 Å². The molecule has 0 aliphatic rings. The summed E-state index contributed by atoms with van der Waals surface area (Å²) in [5.74, 6) is 0.743. The van der Waals surface area contributed by atoms with Gasteiger partial charge in [-0.2, -0.15) is 0 Å². The van der Waals surface area contributed by atoms with Gasteiger partial charge in [-0.05, 0) is 42.8 Å². The van der Waals surface area contributed by atoms with Gasteiger partial charge in [0.25, 0.3) is 10.0 Å². The minimum Gasteiger partial charge on any atom is -0.497 e. The molecule has 6 nitrogen and oxygen atoms in total. The highest BCUT2D eigenvalue weighted by Crippen LogP contribution is 2.33. The number of hydrogen-bond donors (Lipinski definition) is 0. The summed E-state index contributed by atoms with van der Waals surface area (Å²) in [6.07, 6.45) is 3.31. The molecular weight excluding hydrogens is 376 g/mol. The van der Waals surface area contributed by atoms with Crippen LogP contribution < -0.4 is 13.8 Å². The van der Waals surface area contributed by atoms with Gasteiger partial charge in [0.15, 0.2) is 0 Å². The summed E-state index contributed by atoms with van der Waals surface area (Å²) in [6, 6.07) is 15.6. The van der Waals surface area contributed by atoms with Crippen LogP contribution in [0.5, 0.6) is 11.5 Å². The van der Waals surface area contributed by atoms with Crippen molar-refractivity contribution < 1.29 is 17.9 Å². The Morgan fingerprint density at radius 1 is 1.00 bits per heavy atom. The van der Waals surface area contributed by atoms with Crippen molar-refractivity contribution in [2.24, 2.45) is 0 Å². The molecule has 3 aromatic rings. The molecule has 0 radical (unpaired) electrons. The van der Waals surface area contributed by atoms with Gasteiger partial charge in [0.2, 0.25) is 0 Å². The molecule has 0 atom stereocenters. The van der Waals surface area contributed by atoms with Gasteiger partial charge in [-0.15, -0.1) is 0 Å². The average Bonchev–Trinajstić information content (AvgIpc) is 2.73. The van der Waals surface area contributed by atoms with E-state index in [4.69, 9.17) is 9.47 Å². The topological polar surface area (TPSA) is 68.7 Å². The second-order valence-electron chi connectivity index (χ2n) is 6.23. The van der Waals surface area contributed by atoms with Gasteiger partial charge < -0.3 is 9.47 Å². The minimum atomic E-state index is -3.91. The van der Waals surface area contributed by atoms with E-state index in [0.717, 1.165) is 11.1 Å². The van der Waals surface area contributed by atoms with Crippen molar-refractivity contribution in [1.29, 1.82) is 0 Å². The lowest BCUT2D eigenvalue weighted by molar-refractivity contribution is 0.386. The maximum atomic E-state index is 13.6. The monoisotopic (exact) mass is 398 g/mol. The number of anilines is 1. The van der Waals surface area contributed by atoms with Crippen LogP contribution in [-0.4, -0.2) is 27.6 Å². The number of hydrogen-bond acceptors (Lipinski definition) is 5. The molecule has 0 N–H and O–H groups in total. The van der Waals surface area contributed by atoms with Crippen molar-refractivity contribution in [3.8, 4) is 11.5 Å². The third kappa shape index (κ3) is 4.09. The number of rotatable bonds is 7. The van der Waals surface area contributed by atoms with Crippen LogP contribution in [0.2, 0.25) is 0 Å². The summed E-state index contributed by atoms with van der Waals surface area (Å²) < 4.78 is 39.0. The minimum absolute atomic E-state index is 0.0697. The quantitative estimate of drug-likeness (QED) is 0.605. The number of methoxy groups -OCH3 is 2. The number of benzene rings is 2. The Labute approximate surface area is 165 Å². The third-order valence-electron chi connectivity index (χ3n) is 4.31. The Hall–Kier alpha value is -3.06. The molecule has 0 bridgehead atoms. The van der Waals surface area contributed by atoms with E-state index < -0.39 is 10.0 Å². The smallest absolute Gasteiger partial charge is 0.268 e. The van der Waals surface area contributed by atoms with E-state index in [2.05, 4.69) is 4.98 Å². The molecule has 3 rings (SSSR count). The highest BCUT2D eigenvalue weighted by molar-refractivity contribution is 7.92. The lowest BCUT2D eigenvalue weighted by atomic mass is 10.2. The molecule has 0 saturated heterocycles. The second kappa shape index (κ2) is 8.31. The fraction of sp³-hybridized carbons (Fsp3) is 0.190. The Morgan fingerprint density at radius 2 is 1.75 bits per heavy atom. The van der Waals surface area contributed by atoms with Crippen molar-refractivity contribution in [3.05, 3.63) is 78.1 Å². The Bertz CT molecular complexity index is 1040. The number of ether oxygens (including phenoxy) is 2. The van der Waals surface area contributed by atoms with Crippen molar-refractivity contribution in [1.82, 2.24) is 4.98 Å². The molecule has 7 heteroatoms. The van der Waals surface area contributed by atoms with Crippen LogP contribution in [0.25, 0.3) is 0 Å². The van der Waals surface area contributed by atoms with Crippen LogP contribution >= 0.6 is 0 Å². The predicted molar refractivity (Wildman–Crippen MR) is 108 cm³/mol. The Balaban J connectivity index is 2.12. The van der Waals surface area contributed by atoms with E-state index in [9.17, 15) is 8.42 Å². The molecule has 146 valence electrons. The van der Waals surface area contributed by atoms with Crippen LogP contribution in [-0.2, 0) is 16.6 Å². The summed E-state index contributed by atoms with van der Waals surface area (Å²) in [5.41, 5.74) is 2.39. The average molecular weight is 398 g/mol. The fourth-order valence-corrected chi connectivity index (χ4v) is 4.38. The summed E-state index contributed by atoms with van der Waals surface area (Å²) >= 11 is 0. The first-order valence-corrected chi connectivity index (χ1v) is 10.1. The zero-order valence-corrected chi connectivity index (χ0v) is 16.8. The first-order valence-electron chi connectivity index (χ1n) is 8.66. The molecule has 0 saturated carbocycles. The normalized spacial score (nSPS) is 11.1. The van der Waals surface area contributed by atoms with E-state index in [-0.39, 0.29) is 17.2 Å². The molecule has 0 fully saturated rings. The van der Waals surface area contributed by atoms with Crippen molar-refractivity contribution in [2.75, 3.05) is 18.5 Å². The lowest BCUT2D eigenvalue weighted by Gasteiger charge is -2.25. The molecule has 2 aromatic carbocycles. The molecule has 0 amide bonds. The fourth-order valence-electron chi connectivity index (χ4n) is 2.79. The van der Waals surface area contributed by atoms with Gasteiger partial charge in [-0.1, -0.05) is 23.8 Å². The van der Waals surface area contributed by atoms with Crippen LogP contribution in [0.15, 0.2) is 71.9 Å². The maximum absolute atomic E-state index is 13.6. The van der Waals surface area contributed by atoms with E-state index in [1.807, 2.05) is 25.1 Å². The molecule has 1 aromatic heterocycles. The molecule has 0 unspecified atom stereocenters. The highest BCUT2D eigenvalue weighted by Gasteiger charge is 2.29. The molecular formula is C21H22N2O4S. The SMILES string of the molecule is COc1ccc(S(=O)(=O)N(Cc2cccnc2)c2ccc(C)cc2)c(OC)c1. The standard InChI is InChI=1S/C21H22N2O4S/c1-16-6-8-18(9-7-16)23(15-17-5-4-12-22-14-17)28(24,25)21-11-10-19(26-2)13-20(21)27-3/h4-14H,15H2,1-3H3. The van der Waals surface area contributed by atoms with Gasteiger partial charge in [0.1, 0.15) is 16.4 Å². The second-order valence-corrected chi connectivity index (χ2v) is 8.06. The van der Waals surface area contributed by atoms with Gasteiger partial charge in [-0.3, -0.25) is 9.29 Å². The van der Waals surface area contributed by atoms with Crippen LogP contribution in [0.3, 0.4) is 0 Å². The van der Waals surface area contributed by atoms with Gasteiger partial charge in [0, 0.05) is 18.5 Å². The molecule has 28 heavy (non-hydrogen) atoms. The van der Waals surface area contributed by atoms with Crippen LogP contribution in [0.1, 0.15) is 11.1 Å². The van der Waals surface area contributed by atoms with Crippen molar-refractivity contribution in [3.63, 3.8) is 0 Å². The third-order valence-corrected chi connectivity index (χ3v) is 6.12.